The number of methoxy groups -OCH3 is 1. The van der Waals surface area contributed by atoms with E-state index in [9.17, 15) is 4.79 Å². The van der Waals surface area contributed by atoms with Gasteiger partial charge in [0.15, 0.2) is 12.5 Å². The highest BCUT2D eigenvalue weighted by Gasteiger charge is 2.25. The van der Waals surface area contributed by atoms with E-state index >= 15 is 0 Å². The van der Waals surface area contributed by atoms with E-state index in [1.54, 1.807) is 7.11 Å². The molecule has 2 heterocycles. The van der Waals surface area contributed by atoms with Gasteiger partial charge in [-0.15, -0.1) is 0 Å². The molecule has 0 bridgehead atoms. The lowest BCUT2D eigenvalue weighted by Crippen LogP contribution is -2.34. The normalized spacial score (nSPS) is 16.6. The van der Waals surface area contributed by atoms with Gasteiger partial charge in [0.25, 0.3) is 0 Å². The van der Waals surface area contributed by atoms with Crippen molar-refractivity contribution in [3.05, 3.63) is 77.5 Å². The number of oxazole rings is 1. The van der Waals surface area contributed by atoms with Crippen molar-refractivity contribution in [1.82, 2.24) is 9.88 Å². The Labute approximate surface area is 187 Å². The first-order chi connectivity index (χ1) is 15.6. The zero-order valence-corrected chi connectivity index (χ0v) is 18.2. The minimum absolute atomic E-state index is 0.272. The van der Waals surface area contributed by atoms with Crippen LogP contribution in [0.15, 0.2) is 59.1 Å². The molecule has 3 aromatic rings. The van der Waals surface area contributed by atoms with Crippen molar-refractivity contribution in [3.63, 3.8) is 0 Å². The van der Waals surface area contributed by atoms with Crippen molar-refractivity contribution < 1.29 is 23.8 Å². The van der Waals surface area contributed by atoms with E-state index in [1.807, 2.05) is 54.7 Å². The topological polar surface area (TPSA) is 85.0 Å². The summed E-state index contributed by atoms with van der Waals surface area (Å²) in [6.07, 6.45) is 4.64. The molecule has 0 spiro atoms. The fraction of sp³-hybridized carbons (Fsp3) is 0.360. The molecule has 1 aliphatic heterocycles. The molecule has 1 aliphatic rings. The number of ether oxygens (including phenoxy) is 2. The molecule has 1 unspecified atom stereocenters. The van der Waals surface area contributed by atoms with Crippen LogP contribution in [-0.4, -0.2) is 47.8 Å². The van der Waals surface area contributed by atoms with Gasteiger partial charge in [0, 0.05) is 31.0 Å². The minimum Gasteiger partial charge on any atom is -0.496 e. The quantitative estimate of drug-likeness (QED) is 0.540. The van der Waals surface area contributed by atoms with E-state index in [-0.39, 0.29) is 12.5 Å². The third-order valence-electron chi connectivity index (χ3n) is 5.68. The average molecular weight is 437 g/mol. The van der Waals surface area contributed by atoms with Crippen LogP contribution in [0, 0.1) is 0 Å². The lowest BCUT2D eigenvalue weighted by molar-refractivity contribution is -0.139. The number of carboxylic acid groups (broad SMARTS) is 1. The van der Waals surface area contributed by atoms with E-state index in [4.69, 9.17) is 19.0 Å². The number of benzene rings is 2. The highest BCUT2D eigenvalue weighted by molar-refractivity contribution is 5.68. The number of piperidine rings is 1. The summed E-state index contributed by atoms with van der Waals surface area (Å²) in [5, 5.41) is 8.71. The molecule has 0 saturated carbocycles. The van der Waals surface area contributed by atoms with Crippen LogP contribution in [0.1, 0.15) is 41.5 Å². The summed E-state index contributed by atoms with van der Waals surface area (Å²) in [5.41, 5.74) is 2.25. The van der Waals surface area contributed by atoms with Gasteiger partial charge in [-0.1, -0.05) is 30.3 Å². The second-order valence-corrected chi connectivity index (χ2v) is 8.05. The molecule has 1 N–H and O–H groups in total. The first-order valence-corrected chi connectivity index (χ1v) is 10.8. The van der Waals surface area contributed by atoms with Crippen LogP contribution >= 0.6 is 0 Å². The molecule has 0 radical (unpaired) electrons. The van der Waals surface area contributed by atoms with Crippen LogP contribution in [0.3, 0.4) is 0 Å². The van der Waals surface area contributed by atoms with Gasteiger partial charge >= 0.3 is 5.97 Å². The first kappa shape index (κ1) is 21.9. The van der Waals surface area contributed by atoms with Gasteiger partial charge < -0.3 is 19.0 Å². The number of carboxylic acids is 1. The smallest absolute Gasteiger partial charge is 0.341 e. The van der Waals surface area contributed by atoms with E-state index in [1.165, 1.54) is 0 Å². The van der Waals surface area contributed by atoms with Crippen LogP contribution in [-0.2, 0) is 17.8 Å². The highest BCUT2D eigenvalue weighted by Crippen LogP contribution is 2.29. The summed E-state index contributed by atoms with van der Waals surface area (Å²) >= 11 is 0. The lowest BCUT2D eigenvalue weighted by Gasteiger charge is -2.31. The standard InChI is InChI=1S/C25H28N2O5/c1-30-23-7-3-2-5-19(23)13-22-14-26-25(32-22)20-6-4-12-27(16-20)15-18-8-10-21(11-9-18)31-17-24(28)29/h2-3,5,7-11,14,20H,4,6,12-13,15-17H2,1H3,(H,28,29). The summed E-state index contributed by atoms with van der Waals surface area (Å²) in [6, 6.07) is 15.6. The minimum atomic E-state index is -0.981. The van der Waals surface area contributed by atoms with E-state index < -0.39 is 5.97 Å². The molecule has 7 heteroatoms. The van der Waals surface area contributed by atoms with Gasteiger partial charge in [-0.25, -0.2) is 9.78 Å². The van der Waals surface area contributed by atoms with Gasteiger partial charge in [0.2, 0.25) is 0 Å². The Morgan fingerprint density at radius 3 is 2.81 bits per heavy atom. The second-order valence-electron chi connectivity index (χ2n) is 8.05. The molecule has 1 aromatic heterocycles. The van der Waals surface area contributed by atoms with E-state index in [0.29, 0.717) is 12.2 Å². The zero-order chi connectivity index (χ0) is 22.3. The molecule has 0 aliphatic carbocycles. The molecule has 4 rings (SSSR count). The lowest BCUT2D eigenvalue weighted by atomic mass is 9.97. The van der Waals surface area contributed by atoms with Crippen LogP contribution in [0.25, 0.3) is 0 Å². The molecular weight excluding hydrogens is 408 g/mol. The first-order valence-electron chi connectivity index (χ1n) is 10.8. The van der Waals surface area contributed by atoms with Crippen molar-refractivity contribution in [3.8, 4) is 11.5 Å². The summed E-state index contributed by atoms with van der Waals surface area (Å²) in [7, 11) is 1.68. The van der Waals surface area contributed by atoms with Gasteiger partial charge in [-0.05, 0) is 43.1 Å². The van der Waals surface area contributed by atoms with E-state index in [2.05, 4.69) is 9.88 Å². The number of carbonyl (C=O) groups is 1. The molecule has 1 atom stereocenters. The van der Waals surface area contributed by atoms with Crippen LogP contribution in [0.2, 0.25) is 0 Å². The highest BCUT2D eigenvalue weighted by atomic mass is 16.5. The number of nitrogens with zero attached hydrogens (tertiary/aromatic N) is 2. The van der Waals surface area contributed by atoms with Crippen molar-refractivity contribution in [2.75, 3.05) is 26.8 Å². The number of hydrogen-bond donors (Lipinski definition) is 1. The third kappa shape index (κ3) is 5.68. The third-order valence-corrected chi connectivity index (χ3v) is 5.68. The van der Waals surface area contributed by atoms with Crippen molar-refractivity contribution in [2.24, 2.45) is 0 Å². The maximum Gasteiger partial charge on any atom is 0.341 e. The molecule has 1 fully saturated rings. The molecular formula is C25H28N2O5. The zero-order valence-electron chi connectivity index (χ0n) is 18.2. The largest absolute Gasteiger partial charge is 0.496 e. The number of likely N-dealkylation sites (tertiary alicyclic amines) is 1. The Bertz CT molecular complexity index is 1030. The maximum absolute atomic E-state index is 10.6. The van der Waals surface area contributed by atoms with Gasteiger partial charge in [0.05, 0.1) is 13.3 Å². The van der Waals surface area contributed by atoms with Gasteiger partial charge in [-0.3, -0.25) is 4.90 Å². The van der Waals surface area contributed by atoms with Crippen molar-refractivity contribution in [1.29, 1.82) is 0 Å². The Morgan fingerprint density at radius 2 is 2.03 bits per heavy atom. The predicted octanol–water partition coefficient (Wildman–Crippen LogP) is 4.12. The Morgan fingerprint density at radius 1 is 1.22 bits per heavy atom. The second kappa shape index (κ2) is 10.3. The molecule has 168 valence electrons. The van der Waals surface area contributed by atoms with E-state index in [0.717, 1.165) is 61.0 Å². The van der Waals surface area contributed by atoms with Crippen LogP contribution in [0.5, 0.6) is 11.5 Å². The molecule has 1 saturated heterocycles. The fourth-order valence-electron chi connectivity index (χ4n) is 4.12. The molecule has 7 nitrogen and oxygen atoms in total. The molecule has 2 aromatic carbocycles. The summed E-state index contributed by atoms with van der Waals surface area (Å²) in [4.78, 5) is 17.6. The van der Waals surface area contributed by atoms with Gasteiger partial charge in [0.1, 0.15) is 17.3 Å². The monoisotopic (exact) mass is 436 g/mol. The maximum atomic E-state index is 10.6. The van der Waals surface area contributed by atoms with Crippen molar-refractivity contribution in [2.45, 2.75) is 31.7 Å². The number of aromatic nitrogens is 1. The Balaban J connectivity index is 1.34. The average Bonchev–Trinajstić information content (AvgIpc) is 3.28. The predicted molar refractivity (Wildman–Crippen MR) is 119 cm³/mol. The summed E-state index contributed by atoms with van der Waals surface area (Å²) < 4.78 is 16.8. The Hall–Kier alpha value is -3.32. The number of rotatable bonds is 9. The fourth-order valence-corrected chi connectivity index (χ4v) is 4.12. The molecule has 32 heavy (non-hydrogen) atoms. The van der Waals surface area contributed by atoms with Gasteiger partial charge in [-0.2, -0.15) is 0 Å². The van der Waals surface area contributed by atoms with Crippen LogP contribution < -0.4 is 9.47 Å². The van der Waals surface area contributed by atoms with Crippen LogP contribution in [0.4, 0.5) is 0 Å². The Kier molecular flexibility index (Phi) is 7.07. The van der Waals surface area contributed by atoms with Crippen molar-refractivity contribution >= 4 is 5.97 Å². The number of para-hydroxylation sites is 1. The number of aliphatic carboxylic acids is 1. The number of hydrogen-bond acceptors (Lipinski definition) is 6. The molecule has 0 amide bonds. The summed E-state index contributed by atoms with van der Waals surface area (Å²) in [5.74, 6) is 2.36. The SMILES string of the molecule is COc1ccccc1Cc1cnc(C2CCCN(Cc3ccc(OCC(=O)O)cc3)C2)o1. The summed E-state index contributed by atoms with van der Waals surface area (Å²) in [6.45, 7) is 2.42.